The second-order valence-corrected chi connectivity index (χ2v) is 5.89. The van der Waals surface area contributed by atoms with Crippen LogP contribution in [0.25, 0.3) is 0 Å². The summed E-state index contributed by atoms with van der Waals surface area (Å²) >= 11 is 0. The molecule has 2 aromatic carbocycles. The Labute approximate surface area is 151 Å². The van der Waals surface area contributed by atoms with E-state index in [1.165, 1.54) is 12.5 Å². The van der Waals surface area contributed by atoms with E-state index in [0.717, 1.165) is 16.9 Å². The van der Waals surface area contributed by atoms with Crippen LogP contribution in [0.2, 0.25) is 0 Å². The van der Waals surface area contributed by atoms with Crippen molar-refractivity contribution in [1.29, 1.82) is 0 Å². The predicted octanol–water partition coefficient (Wildman–Crippen LogP) is 3.49. The number of nitrogens with one attached hydrogen (secondary N) is 3. The van der Waals surface area contributed by atoms with Crippen LogP contribution in [0.15, 0.2) is 54.7 Å². The first-order valence-electron chi connectivity index (χ1n) is 8.22. The minimum absolute atomic E-state index is 0.106. The molecular formula is C19H20N6O. The minimum atomic E-state index is -0.106. The number of hydrogen-bond acceptors (Lipinski definition) is 6. The van der Waals surface area contributed by atoms with E-state index in [0.29, 0.717) is 18.3 Å². The van der Waals surface area contributed by atoms with E-state index in [1.807, 2.05) is 12.1 Å². The van der Waals surface area contributed by atoms with Crippen LogP contribution in [-0.2, 0) is 11.3 Å². The molecule has 26 heavy (non-hydrogen) atoms. The summed E-state index contributed by atoms with van der Waals surface area (Å²) in [7, 11) is 0. The number of benzene rings is 2. The zero-order valence-corrected chi connectivity index (χ0v) is 14.7. The van der Waals surface area contributed by atoms with Gasteiger partial charge in [-0.25, -0.2) is 0 Å². The first kappa shape index (κ1) is 17.3. The first-order chi connectivity index (χ1) is 12.6. The number of carbonyl (C=O) groups excluding carboxylic acids is 1. The summed E-state index contributed by atoms with van der Waals surface area (Å²) in [4.78, 5) is 15.5. The highest BCUT2D eigenvalue weighted by Crippen LogP contribution is 2.17. The Bertz CT molecular complexity index is 877. The van der Waals surface area contributed by atoms with Gasteiger partial charge in [-0.3, -0.25) is 4.79 Å². The standard InChI is InChI=1S/C19H20N6O/c1-13-3-5-15(6-4-13)11-20-18-12-21-25-19(24-18)23-17-9-7-16(8-10-17)22-14(2)26/h3-10,12H,11H2,1-2H3,(H,22,26)(H2,20,23,24,25). The molecule has 0 spiro atoms. The van der Waals surface area contributed by atoms with Crippen molar-refractivity contribution in [2.45, 2.75) is 20.4 Å². The van der Waals surface area contributed by atoms with E-state index in [9.17, 15) is 4.79 Å². The zero-order valence-electron chi connectivity index (χ0n) is 14.7. The van der Waals surface area contributed by atoms with E-state index in [2.05, 4.69) is 62.3 Å². The van der Waals surface area contributed by atoms with Gasteiger partial charge in [0.15, 0.2) is 5.82 Å². The number of carbonyl (C=O) groups is 1. The summed E-state index contributed by atoms with van der Waals surface area (Å²) in [5, 5.41) is 17.0. The maximum absolute atomic E-state index is 11.0. The maximum Gasteiger partial charge on any atom is 0.249 e. The van der Waals surface area contributed by atoms with E-state index < -0.39 is 0 Å². The number of anilines is 4. The molecule has 0 saturated carbocycles. The monoisotopic (exact) mass is 348 g/mol. The Morgan fingerprint density at radius 1 is 1.00 bits per heavy atom. The quantitative estimate of drug-likeness (QED) is 0.631. The molecular weight excluding hydrogens is 328 g/mol. The van der Waals surface area contributed by atoms with Crippen LogP contribution >= 0.6 is 0 Å². The highest BCUT2D eigenvalue weighted by molar-refractivity contribution is 5.88. The molecule has 3 rings (SSSR count). The second kappa shape index (κ2) is 8.06. The SMILES string of the molecule is CC(=O)Nc1ccc(Nc2nncc(NCc3ccc(C)cc3)n2)cc1. The van der Waals surface area contributed by atoms with Gasteiger partial charge in [-0.2, -0.15) is 10.1 Å². The molecule has 0 aliphatic carbocycles. The summed E-state index contributed by atoms with van der Waals surface area (Å²) in [5.74, 6) is 0.926. The molecule has 0 radical (unpaired) electrons. The first-order valence-corrected chi connectivity index (χ1v) is 8.22. The highest BCUT2D eigenvalue weighted by Gasteiger charge is 2.03. The molecule has 1 amide bonds. The topological polar surface area (TPSA) is 91.8 Å². The van der Waals surface area contributed by atoms with Crippen LogP contribution in [0.4, 0.5) is 23.1 Å². The summed E-state index contributed by atoms with van der Waals surface area (Å²) in [6.45, 7) is 4.19. The van der Waals surface area contributed by atoms with Gasteiger partial charge in [-0.1, -0.05) is 29.8 Å². The summed E-state index contributed by atoms with van der Waals surface area (Å²) in [6, 6.07) is 15.6. The molecule has 7 heteroatoms. The zero-order chi connectivity index (χ0) is 18.4. The van der Waals surface area contributed by atoms with Crippen molar-refractivity contribution in [2.75, 3.05) is 16.0 Å². The van der Waals surface area contributed by atoms with Crippen LogP contribution in [0, 0.1) is 6.92 Å². The van der Waals surface area contributed by atoms with Gasteiger partial charge in [0, 0.05) is 24.8 Å². The van der Waals surface area contributed by atoms with Crippen molar-refractivity contribution in [3.63, 3.8) is 0 Å². The molecule has 0 unspecified atom stereocenters. The summed E-state index contributed by atoms with van der Waals surface area (Å²) < 4.78 is 0. The van der Waals surface area contributed by atoms with Gasteiger partial charge in [0.1, 0.15) is 0 Å². The molecule has 3 aromatic rings. The lowest BCUT2D eigenvalue weighted by molar-refractivity contribution is -0.114. The summed E-state index contributed by atoms with van der Waals surface area (Å²) in [5.41, 5.74) is 3.93. The average Bonchev–Trinajstić information content (AvgIpc) is 2.63. The Hall–Kier alpha value is -3.48. The van der Waals surface area contributed by atoms with Gasteiger partial charge >= 0.3 is 0 Å². The molecule has 0 fully saturated rings. The maximum atomic E-state index is 11.0. The van der Waals surface area contributed by atoms with Crippen molar-refractivity contribution in [3.05, 3.63) is 65.9 Å². The van der Waals surface area contributed by atoms with Gasteiger partial charge < -0.3 is 16.0 Å². The second-order valence-electron chi connectivity index (χ2n) is 5.89. The Morgan fingerprint density at radius 3 is 2.38 bits per heavy atom. The molecule has 0 aliphatic rings. The fourth-order valence-electron chi connectivity index (χ4n) is 2.31. The smallest absolute Gasteiger partial charge is 0.249 e. The number of hydrogen-bond donors (Lipinski definition) is 3. The molecule has 7 nitrogen and oxygen atoms in total. The average molecular weight is 348 g/mol. The highest BCUT2D eigenvalue weighted by atomic mass is 16.1. The summed E-state index contributed by atoms with van der Waals surface area (Å²) in [6.07, 6.45) is 1.58. The van der Waals surface area contributed by atoms with Crippen molar-refractivity contribution >= 4 is 29.0 Å². The van der Waals surface area contributed by atoms with Crippen LogP contribution in [-0.4, -0.2) is 21.1 Å². The van der Waals surface area contributed by atoms with E-state index in [4.69, 9.17) is 0 Å². The minimum Gasteiger partial charge on any atom is -0.365 e. The fraction of sp³-hybridized carbons (Fsp3) is 0.158. The van der Waals surface area contributed by atoms with Gasteiger partial charge in [-0.15, -0.1) is 5.10 Å². The van der Waals surface area contributed by atoms with Gasteiger partial charge in [0.05, 0.1) is 6.20 Å². The molecule has 0 atom stereocenters. The van der Waals surface area contributed by atoms with Gasteiger partial charge in [-0.05, 0) is 36.8 Å². The fourth-order valence-corrected chi connectivity index (χ4v) is 2.31. The molecule has 0 saturated heterocycles. The van der Waals surface area contributed by atoms with Crippen LogP contribution < -0.4 is 16.0 Å². The molecule has 0 bridgehead atoms. The third-order valence-electron chi connectivity index (χ3n) is 3.61. The Balaban J connectivity index is 1.61. The van der Waals surface area contributed by atoms with E-state index in [-0.39, 0.29) is 5.91 Å². The number of amides is 1. The third kappa shape index (κ3) is 5.01. The molecule has 3 N–H and O–H groups in total. The van der Waals surface area contributed by atoms with Crippen LogP contribution in [0.1, 0.15) is 18.1 Å². The van der Waals surface area contributed by atoms with Crippen molar-refractivity contribution < 1.29 is 4.79 Å². The largest absolute Gasteiger partial charge is 0.365 e. The van der Waals surface area contributed by atoms with E-state index in [1.54, 1.807) is 18.3 Å². The number of nitrogens with zero attached hydrogens (tertiary/aromatic N) is 3. The normalized spacial score (nSPS) is 10.2. The van der Waals surface area contributed by atoms with Gasteiger partial charge in [0.25, 0.3) is 0 Å². The lowest BCUT2D eigenvalue weighted by atomic mass is 10.1. The Kier molecular flexibility index (Phi) is 5.38. The lowest BCUT2D eigenvalue weighted by Crippen LogP contribution is -2.06. The van der Waals surface area contributed by atoms with Crippen molar-refractivity contribution in [1.82, 2.24) is 15.2 Å². The van der Waals surface area contributed by atoms with Crippen LogP contribution in [0.3, 0.4) is 0 Å². The van der Waals surface area contributed by atoms with Crippen molar-refractivity contribution in [2.24, 2.45) is 0 Å². The molecule has 132 valence electrons. The lowest BCUT2D eigenvalue weighted by Gasteiger charge is -2.09. The third-order valence-corrected chi connectivity index (χ3v) is 3.61. The predicted molar refractivity (Wildman–Crippen MR) is 102 cm³/mol. The van der Waals surface area contributed by atoms with Crippen molar-refractivity contribution in [3.8, 4) is 0 Å². The Morgan fingerprint density at radius 2 is 1.69 bits per heavy atom. The van der Waals surface area contributed by atoms with E-state index >= 15 is 0 Å². The number of aryl methyl sites for hydroxylation is 1. The molecule has 0 aliphatic heterocycles. The number of aromatic nitrogens is 3. The van der Waals surface area contributed by atoms with Gasteiger partial charge in [0.2, 0.25) is 11.9 Å². The molecule has 1 heterocycles. The molecule has 1 aromatic heterocycles. The van der Waals surface area contributed by atoms with Crippen LogP contribution in [0.5, 0.6) is 0 Å². The number of rotatable bonds is 6.